The lowest BCUT2D eigenvalue weighted by molar-refractivity contribution is 0.0721. The molecule has 0 unspecified atom stereocenters. The topological polar surface area (TPSA) is 96.6 Å². The molecular formula is C24H28N6O3. The highest BCUT2D eigenvalue weighted by Crippen LogP contribution is 2.32. The largest absolute Gasteiger partial charge is 0.497 e. The standard InChI is InChI=1S/C24H28N6O3/c1-25-22-17-9-11-30(14-19(17)26-23(27-22)20-8-5-10-29(20)2)24(31)18-13-21(33-28-18)15-6-4-7-16(12-15)32-3/h4,6-7,12-13,20H,5,8-11,14H2,1-3H3,(H,25,26,27)/t20-/m0/s1. The molecule has 1 fully saturated rings. The van der Waals surface area contributed by atoms with Gasteiger partial charge >= 0.3 is 0 Å². The predicted molar refractivity (Wildman–Crippen MR) is 123 cm³/mol. The van der Waals surface area contributed by atoms with Gasteiger partial charge in [-0.15, -0.1) is 0 Å². The second-order valence-electron chi connectivity index (χ2n) is 8.53. The monoisotopic (exact) mass is 448 g/mol. The Morgan fingerprint density at radius 3 is 2.88 bits per heavy atom. The van der Waals surface area contributed by atoms with Gasteiger partial charge in [-0.2, -0.15) is 0 Å². The fourth-order valence-electron chi connectivity index (χ4n) is 4.67. The van der Waals surface area contributed by atoms with Crippen molar-refractivity contribution < 1.29 is 14.1 Å². The molecule has 9 nitrogen and oxygen atoms in total. The van der Waals surface area contributed by atoms with Gasteiger partial charge in [-0.1, -0.05) is 17.3 Å². The molecule has 1 aromatic carbocycles. The van der Waals surface area contributed by atoms with Crippen molar-refractivity contribution in [3.8, 4) is 17.1 Å². The van der Waals surface area contributed by atoms with E-state index >= 15 is 0 Å². The van der Waals surface area contributed by atoms with E-state index in [0.717, 1.165) is 47.8 Å². The zero-order valence-corrected chi connectivity index (χ0v) is 19.2. The first-order valence-electron chi connectivity index (χ1n) is 11.3. The molecular weight excluding hydrogens is 420 g/mol. The Morgan fingerprint density at radius 2 is 2.12 bits per heavy atom. The summed E-state index contributed by atoms with van der Waals surface area (Å²) in [4.78, 5) is 27.0. The van der Waals surface area contributed by atoms with Crippen LogP contribution in [0.2, 0.25) is 0 Å². The minimum absolute atomic E-state index is 0.164. The van der Waals surface area contributed by atoms with E-state index in [1.165, 1.54) is 0 Å². The van der Waals surface area contributed by atoms with Crippen LogP contribution in [-0.4, -0.2) is 65.1 Å². The molecule has 1 amide bonds. The number of carbonyl (C=O) groups excluding carboxylic acids is 1. The number of methoxy groups -OCH3 is 1. The summed E-state index contributed by atoms with van der Waals surface area (Å²) >= 11 is 0. The van der Waals surface area contributed by atoms with E-state index in [1.54, 1.807) is 18.1 Å². The quantitative estimate of drug-likeness (QED) is 0.636. The van der Waals surface area contributed by atoms with Crippen LogP contribution in [0.3, 0.4) is 0 Å². The number of fused-ring (bicyclic) bond motifs is 1. The number of likely N-dealkylation sites (tertiary alicyclic amines) is 1. The van der Waals surface area contributed by atoms with E-state index in [-0.39, 0.29) is 17.6 Å². The fourth-order valence-corrected chi connectivity index (χ4v) is 4.67. The first kappa shape index (κ1) is 21.4. The molecule has 5 rings (SSSR count). The Kier molecular flexibility index (Phi) is 5.72. The molecule has 0 saturated carbocycles. The lowest BCUT2D eigenvalue weighted by Gasteiger charge is -2.29. The third-order valence-electron chi connectivity index (χ3n) is 6.51. The van der Waals surface area contributed by atoms with E-state index in [9.17, 15) is 4.79 Å². The molecule has 2 aliphatic heterocycles. The van der Waals surface area contributed by atoms with Crippen LogP contribution in [-0.2, 0) is 13.0 Å². The zero-order valence-electron chi connectivity index (χ0n) is 19.2. The number of benzene rings is 1. The third-order valence-corrected chi connectivity index (χ3v) is 6.51. The van der Waals surface area contributed by atoms with Gasteiger partial charge in [-0.3, -0.25) is 9.69 Å². The summed E-state index contributed by atoms with van der Waals surface area (Å²) in [7, 11) is 5.61. The van der Waals surface area contributed by atoms with Crippen molar-refractivity contribution >= 4 is 11.7 Å². The highest BCUT2D eigenvalue weighted by atomic mass is 16.5. The molecule has 0 radical (unpaired) electrons. The predicted octanol–water partition coefficient (Wildman–Crippen LogP) is 3.15. The molecule has 1 N–H and O–H groups in total. The Labute approximate surface area is 192 Å². The number of amides is 1. The van der Waals surface area contributed by atoms with E-state index in [2.05, 4.69) is 22.4 Å². The maximum absolute atomic E-state index is 13.2. The van der Waals surface area contributed by atoms with E-state index in [0.29, 0.717) is 31.0 Å². The van der Waals surface area contributed by atoms with Gasteiger partial charge in [0.15, 0.2) is 11.5 Å². The molecule has 33 heavy (non-hydrogen) atoms. The Balaban J connectivity index is 1.38. The molecule has 172 valence electrons. The third kappa shape index (κ3) is 4.04. The average molecular weight is 449 g/mol. The number of nitrogens with one attached hydrogen (secondary N) is 1. The molecule has 2 aromatic heterocycles. The van der Waals surface area contributed by atoms with Gasteiger partial charge in [0.05, 0.1) is 25.4 Å². The lowest BCUT2D eigenvalue weighted by Crippen LogP contribution is -2.37. The minimum Gasteiger partial charge on any atom is -0.497 e. The van der Waals surface area contributed by atoms with Crippen molar-refractivity contribution in [1.82, 2.24) is 24.9 Å². The van der Waals surface area contributed by atoms with Gasteiger partial charge in [0.1, 0.15) is 17.4 Å². The molecule has 3 aromatic rings. The van der Waals surface area contributed by atoms with Crippen LogP contribution in [0.25, 0.3) is 11.3 Å². The minimum atomic E-state index is -0.164. The summed E-state index contributed by atoms with van der Waals surface area (Å²) in [5.41, 5.74) is 3.08. The maximum atomic E-state index is 13.2. The summed E-state index contributed by atoms with van der Waals surface area (Å²) < 4.78 is 10.7. The second kappa shape index (κ2) is 8.82. The molecule has 0 aliphatic carbocycles. The van der Waals surface area contributed by atoms with Crippen LogP contribution >= 0.6 is 0 Å². The van der Waals surface area contributed by atoms with Gasteiger partial charge in [0.2, 0.25) is 0 Å². The molecule has 0 spiro atoms. The number of carbonyl (C=O) groups is 1. The number of rotatable bonds is 5. The van der Waals surface area contributed by atoms with Crippen LogP contribution in [0, 0.1) is 0 Å². The Morgan fingerprint density at radius 1 is 1.24 bits per heavy atom. The molecule has 9 heteroatoms. The van der Waals surface area contributed by atoms with E-state index < -0.39 is 0 Å². The van der Waals surface area contributed by atoms with Crippen molar-refractivity contribution in [1.29, 1.82) is 0 Å². The van der Waals surface area contributed by atoms with Crippen LogP contribution in [0.1, 0.15) is 46.5 Å². The molecule has 2 aliphatic rings. The van der Waals surface area contributed by atoms with E-state index in [4.69, 9.17) is 19.2 Å². The highest BCUT2D eigenvalue weighted by molar-refractivity contribution is 5.93. The highest BCUT2D eigenvalue weighted by Gasteiger charge is 2.31. The number of anilines is 1. The second-order valence-corrected chi connectivity index (χ2v) is 8.53. The summed E-state index contributed by atoms with van der Waals surface area (Å²) in [5.74, 6) is 2.77. The van der Waals surface area contributed by atoms with Gasteiger partial charge in [-0.25, -0.2) is 9.97 Å². The molecule has 1 atom stereocenters. The first-order valence-corrected chi connectivity index (χ1v) is 11.3. The van der Waals surface area contributed by atoms with Crippen LogP contribution in [0.15, 0.2) is 34.9 Å². The average Bonchev–Trinajstić information content (AvgIpc) is 3.52. The number of ether oxygens (including phenoxy) is 1. The van der Waals surface area contributed by atoms with Gasteiger partial charge in [0, 0.05) is 30.8 Å². The number of hydrogen-bond donors (Lipinski definition) is 1. The van der Waals surface area contributed by atoms with Crippen LogP contribution in [0.5, 0.6) is 5.75 Å². The maximum Gasteiger partial charge on any atom is 0.276 e. The van der Waals surface area contributed by atoms with Crippen molar-refractivity contribution in [3.63, 3.8) is 0 Å². The summed E-state index contributed by atoms with van der Waals surface area (Å²) in [6.07, 6.45) is 2.88. The number of aromatic nitrogens is 3. The van der Waals surface area contributed by atoms with Crippen LogP contribution in [0.4, 0.5) is 5.82 Å². The number of nitrogens with zero attached hydrogens (tertiary/aromatic N) is 5. The summed E-state index contributed by atoms with van der Waals surface area (Å²) in [6.45, 7) is 2.05. The van der Waals surface area contributed by atoms with Gasteiger partial charge in [0.25, 0.3) is 5.91 Å². The summed E-state index contributed by atoms with van der Waals surface area (Å²) in [6, 6.07) is 9.38. The normalized spacial score (nSPS) is 18.3. The smallest absolute Gasteiger partial charge is 0.276 e. The van der Waals surface area contributed by atoms with Crippen molar-refractivity contribution in [2.75, 3.05) is 39.6 Å². The van der Waals surface area contributed by atoms with Crippen LogP contribution < -0.4 is 10.1 Å². The first-order chi connectivity index (χ1) is 16.1. The Bertz CT molecular complexity index is 1180. The molecule has 4 heterocycles. The van der Waals surface area contributed by atoms with Gasteiger partial charge < -0.3 is 19.5 Å². The lowest BCUT2D eigenvalue weighted by atomic mass is 10.0. The zero-order chi connectivity index (χ0) is 22.9. The molecule has 1 saturated heterocycles. The SMILES string of the molecule is CNc1nc([C@@H]2CCCN2C)nc2c1CCN(C(=O)c1cc(-c3cccc(OC)c3)on1)C2. The van der Waals surface area contributed by atoms with E-state index in [1.807, 2.05) is 31.3 Å². The van der Waals surface area contributed by atoms with Gasteiger partial charge in [-0.05, 0) is 45.0 Å². The fraction of sp³-hybridized carbons (Fsp3) is 0.417. The van der Waals surface area contributed by atoms with Crippen molar-refractivity contribution in [2.45, 2.75) is 31.8 Å². The summed E-state index contributed by atoms with van der Waals surface area (Å²) in [5, 5.41) is 7.27. The number of hydrogen-bond acceptors (Lipinski definition) is 8. The Hall–Kier alpha value is -3.46. The molecule has 0 bridgehead atoms. The van der Waals surface area contributed by atoms with Crippen molar-refractivity contribution in [3.05, 3.63) is 53.1 Å². The van der Waals surface area contributed by atoms with Crippen molar-refractivity contribution in [2.24, 2.45) is 0 Å².